The fourth-order valence-electron chi connectivity index (χ4n) is 3.81. The highest BCUT2D eigenvalue weighted by Crippen LogP contribution is 2.24. The van der Waals surface area contributed by atoms with Crippen LogP contribution in [0, 0.1) is 0 Å². The van der Waals surface area contributed by atoms with Gasteiger partial charge in [-0.3, -0.25) is 9.69 Å². The lowest BCUT2D eigenvalue weighted by atomic mass is 10.2. The van der Waals surface area contributed by atoms with Gasteiger partial charge in [-0.1, -0.05) is 36.4 Å². The van der Waals surface area contributed by atoms with Crippen molar-refractivity contribution >= 4 is 39.7 Å². The molecule has 5 rings (SSSR count). The van der Waals surface area contributed by atoms with E-state index in [1.807, 2.05) is 77.0 Å². The van der Waals surface area contributed by atoms with Crippen LogP contribution in [0.25, 0.3) is 10.9 Å². The number of rotatable bonds is 5. The highest BCUT2D eigenvalue weighted by Gasteiger charge is 2.23. The minimum atomic E-state index is 0.131. The van der Waals surface area contributed by atoms with Crippen LogP contribution in [0.3, 0.4) is 0 Å². The number of anilines is 2. The first-order valence-corrected chi connectivity index (χ1v) is 11.3. The molecule has 6 nitrogen and oxygen atoms in total. The molecular weight excluding hydrogens is 406 g/mol. The summed E-state index contributed by atoms with van der Waals surface area (Å²) in [7, 11) is 0. The maximum atomic E-state index is 12.6. The van der Waals surface area contributed by atoms with Gasteiger partial charge in [-0.15, -0.1) is 11.3 Å². The molecule has 1 fully saturated rings. The number of carbonyl (C=O) groups is 1. The molecule has 1 saturated heterocycles. The van der Waals surface area contributed by atoms with Gasteiger partial charge in [0.15, 0.2) is 0 Å². The Balaban J connectivity index is 1.31. The van der Waals surface area contributed by atoms with Crippen LogP contribution >= 0.6 is 11.3 Å². The number of benzene rings is 2. The fourth-order valence-corrected chi connectivity index (χ4v) is 4.50. The quantitative estimate of drug-likeness (QED) is 0.510. The number of nitrogens with one attached hydrogen (secondary N) is 1. The lowest BCUT2D eigenvalue weighted by Gasteiger charge is -2.34. The molecule has 2 aromatic heterocycles. The van der Waals surface area contributed by atoms with Gasteiger partial charge in [0.1, 0.15) is 11.6 Å². The molecule has 0 bridgehead atoms. The van der Waals surface area contributed by atoms with E-state index < -0.39 is 0 Å². The molecule has 4 aromatic rings. The van der Waals surface area contributed by atoms with Crippen LogP contribution in [0.4, 0.5) is 11.5 Å². The van der Waals surface area contributed by atoms with Crippen LogP contribution in [0.15, 0.2) is 72.1 Å². The largest absolute Gasteiger partial charge is 0.340 e. The van der Waals surface area contributed by atoms with Crippen LogP contribution in [0.2, 0.25) is 0 Å². The Kier molecular flexibility index (Phi) is 5.60. The Morgan fingerprint density at radius 2 is 1.68 bits per heavy atom. The van der Waals surface area contributed by atoms with Crippen molar-refractivity contribution in [1.29, 1.82) is 0 Å². The summed E-state index contributed by atoms with van der Waals surface area (Å²) < 4.78 is 0. The summed E-state index contributed by atoms with van der Waals surface area (Å²) in [6.07, 6.45) is 0. The Morgan fingerprint density at radius 3 is 2.45 bits per heavy atom. The van der Waals surface area contributed by atoms with Crippen molar-refractivity contribution in [2.45, 2.75) is 6.54 Å². The number of amides is 1. The number of thiophene rings is 1. The summed E-state index contributed by atoms with van der Waals surface area (Å²) in [6, 6.07) is 21.9. The molecule has 3 heterocycles. The van der Waals surface area contributed by atoms with Gasteiger partial charge in [-0.05, 0) is 35.7 Å². The monoisotopic (exact) mass is 429 g/mol. The van der Waals surface area contributed by atoms with Crippen molar-refractivity contribution in [3.8, 4) is 0 Å². The zero-order valence-corrected chi connectivity index (χ0v) is 17.9. The van der Waals surface area contributed by atoms with Gasteiger partial charge in [-0.2, -0.15) is 0 Å². The first kappa shape index (κ1) is 19.7. The lowest BCUT2D eigenvalue weighted by molar-refractivity contribution is 0.0630. The van der Waals surface area contributed by atoms with Gasteiger partial charge in [0, 0.05) is 37.3 Å². The van der Waals surface area contributed by atoms with Crippen LogP contribution < -0.4 is 5.32 Å². The van der Waals surface area contributed by atoms with Crippen molar-refractivity contribution in [2.24, 2.45) is 0 Å². The van der Waals surface area contributed by atoms with Crippen molar-refractivity contribution in [3.05, 3.63) is 82.8 Å². The Labute approximate surface area is 185 Å². The highest BCUT2D eigenvalue weighted by atomic mass is 32.1. The molecule has 0 unspecified atom stereocenters. The molecular formula is C24H23N5OS. The lowest BCUT2D eigenvalue weighted by Crippen LogP contribution is -2.48. The first-order chi connectivity index (χ1) is 15.3. The van der Waals surface area contributed by atoms with E-state index in [1.165, 1.54) is 11.3 Å². The Hall–Kier alpha value is -3.29. The summed E-state index contributed by atoms with van der Waals surface area (Å²) in [5.74, 6) is 1.74. The van der Waals surface area contributed by atoms with Crippen molar-refractivity contribution in [2.75, 3.05) is 31.5 Å². The Morgan fingerprint density at radius 1 is 0.903 bits per heavy atom. The minimum Gasteiger partial charge on any atom is -0.340 e. The van der Waals surface area contributed by atoms with E-state index in [2.05, 4.69) is 10.2 Å². The van der Waals surface area contributed by atoms with Gasteiger partial charge in [-0.25, -0.2) is 9.97 Å². The second-order valence-corrected chi connectivity index (χ2v) is 8.49. The van der Waals surface area contributed by atoms with Crippen LogP contribution in [-0.4, -0.2) is 51.9 Å². The van der Waals surface area contributed by atoms with E-state index in [1.54, 1.807) is 0 Å². The standard InChI is InChI=1S/C24H23N5OS/c30-24(21-11-6-16-31-21)29-14-12-28(13-15-29)17-22-26-20-10-5-4-9-19(20)23(27-22)25-18-7-2-1-3-8-18/h1-11,16H,12-15,17H2,(H,25,26,27). The van der Waals surface area contributed by atoms with Gasteiger partial charge in [0.2, 0.25) is 0 Å². The summed E-state index contributed by atoms with van der Waals surface area (Å²) in [6.45, 7) is 3.73. The van der Waals surface area contributed by atoms with Crippen LogP contribution in [-0.2, 0) is 6.54 Å². The number of piperazine rings is 1. The maximum Gasteiger partial charge on any atom is 0.264 e. The number of para-hydroxylation sites is 2. The molecule has 1 aliphatic rings. The molecule has 1 N–H and O–H groups in total. The van der Waals surface area contributed by atoms with Gasteiger partial charge < -0.3 is 10.2 Å². The van der Waals surface area contributed by atoms with Crippen molar-refractivity contribution < 1.29 is 4.79 Å². The van der Waals surface area contributed by atoms with E-state index >= 15 is 0 Å². The third kappa shape index (κ3) is 4.42. The maximum absolute atomic E-state index is 12.6. The van der Waals surface area contributed by atoms with Crippen LogP contribution in [0.5, 0.6) is 0 Å². The van der Waals surface area contributed by atoms with Crippen molar-refractivity contribution in [3.63, 3.8) is 0 Å². The molecule has 0 atom stereocenters. The van der Waals surface area contributed by atoms with E-state index in [0.29, 0.717) is 6.54 Å². The minimum absolute atomic E-state index is 0.131. The molecule has 2 aromatic carbocycles. The molecule has 0 radical (unpaired) electrons. The molecule has 7 heteroatoms. The number of nitrogens with zero attached hydrogens (tertiary/aromatic N) is 4. The molecule has 1 amide bonds. The second kappa shape index (κ2) is 8.83. The van der Waals surface area contributed by atoms with Crippen LogP contribution in [0.1, 0.15) is 15.5 Å². The highest BCUT2D eigenvalue weighted by molar-refractivity contribution is 7.12. The van der Waals surface area contributed by atoms with Gasteiger partial charge >= 0.3 is 0 Å². The molecule has 156 valence electrons. The number of carbonyl (C=O) groups excluding carboxylic acids is 1. The second-order valence-electron chi connectivity index (χ2n) is 7.54. The normalized spacial score (nSPS) is 14.6. The number of fused-ring (bicyclic) bond motifs is 1. The average molecular weight is 430 g/mol. The molecule has 31 heavy (non-hydrogen) atoms. The Bertz CT molecular complexity index is 1170. The zero-order valence-electron chi connectivity index (χ0n) is 17.1. The number of hydrogen-bond acceptors (Lipinski definition) is 6. The van der Waals surface area contributed by atoms with E-state index in [4.69, 9.17) is 9.97 Å². The summed E-state index contributed by atoms with van der Waals surface area (Å²) in [5, 5.41) is 6.39. The number of hydrogen-bond donors (Lipinski definition) is 1. The predicted octanol–water partition coefficient (Wildman–Crippen LogP) is 4.39. The zero-order chi connectivity index (χ0) is 21.0. The smallest absolute Gasteiger partial charge is 0.264 e. The van der Waals surface area contributed by atoms with E-state index in [0.717, 1.165) is 59.3 Å². The van der Waals surface area contributed by atoms with Gasteiger partial charge in [0.05, 0.1) is 16.9 Å². The first-order valence-electron chi connectivity index (χ1n) is 10.4. The average Bonchev–Trinajstić information content (AvgIpc) is 3.35. The van der Waals surface area contributed by atoms with Gasteiger partial charge in [0.25, 0.3) is 5.91 Å². The van der Waals surface area contributed by atoms with Crippen molar-refractivity contribution in [1.82, 2.24) is 19.8 Å². The van der Waals surface area contributed by atoms with E-state index in [-0.39, 0.29) is 5.91 Å². The van der Waals surface area contributed by atoms with E-state index in [9.17, 15) is 4.79 Å². The molecule has 0 spiro atoms. The summed E-state index contributed by atoms with van der Waals surface area (Å²) in [5.41, 5.74) is 1.93. The summed E-state index contributed by atoms with van der Waals surface area (Å²) >= 11 is 1.50. The third-order valence-electron chi connectivity index (χ3n) is 5.44. The molecule has 1 aliphatic heterocycles. The molecule has 0 aliphatic carbocycles. The third-order valence-corrected chi connectivity index (χ3v) is 6.30. The SMILES string of the molecule is O=C(c1cccs1)N1CCN(Cc2nc(Nc3ccccc3)c3ccccc3n2)CC1. The predicted molar refractivity (Wildman–Crippen MR) is 125 cm³/mol. The molecule has 0 saturated carbocycles. The fraction of sp³-hybridized carbons (Fsp3) is 0.208. The summed E-state index contributed by atoms with van der Waals surface area (Å²) in [4.78, 5) is 27.3. The topological polar surface area (TPSA) is 61.4 Å². The number of aromatic nitrogens is 2.